The zero-order valence-electron chi connectivity index (χ0n) is 9.73. The molecule has 2 aromatic carbocycles. The van der Waals surface area contributed by atoms with Gasteiger partial charge in [-0.3, -0.25) is 0 Å². The fourth-order valence-electron chi connectivity index (χ4n) is 1.79. The lowest BCUT2D eigenvalue weighted by molar-refractivity contribution is 0.415. The lowest BCUT2D eigenvalue weighted by Crippen LogP contribution is -1.88. The summed E-state index contributed by atoms with van der Waals surface area (Å²) in [4.78, 5) is 0. The zero-order valence-corrected chi connectivity index (χ0v) is 9.73. The Morgan fingerprint density at radius 1 is 1.12 bits per heavy atom. The van der Waals surface area contributed by atoms with Crippen LogP contribution in [0.15, 0.2) is 49.1 Å². The molecule has 0 aliphatic carbocycles. The first-order valence-electron chi connectivity index (χ1n) is 5.45. The van der Waals surface area contributed by atoms with E-state index >= 15 is 0 Å². The quantitative estimate of drug-likeness (QED) is 0.695. The second kappa shape index (κ2) is 4.40. The molecular formula is C15H16O. The van der Waals surface area contributed by atoms with Crippen molar-refractivity contribution in [2.24, 2.45) is 0 Å². The van der Waals surface area contributed by atoms with Crippen molar-refractivity contribution in [3.63, 3.8) is 0 Å². The number of fused-ring (bicyclic) bond motifs is 1. The van der Waals surface area contributed by atoms with Gasteiger partial charge >= 0.3 is 0 Å². The molecule has 0 spiro atoms. The van der Waals surface area contributed by atoms with Crippen LogP contribution in [-0.2, 0) is 0 Å². The molecule has 1 unspecified atom stereocenters. The van der Waals surface area contributed by atoms with E-state index in [-0.39, 0.29) is 0 Å². The Bertz CT molecular complexity index is 514. The lowest BCUT2D eigenvalue weighted by Gasteiger charge is -2.08. The lowest BCUT2D eigenvalue weighted by atomic mass is 9.98. The van der Waals surface area contributed by atoms with Crippen molar-refractivity contribution < 1.29 is 4.74 Å². The highest BCUT2D eigenvalue weighted by Crippen LogP contribution is 2.25. The number of ether oxygens (including phenoxy) is 1. The maximum atomic E-state index is 5.20. The van der Waals surface area contributed by atoms with Gasteiger partial charge in [-0.1, -0.05) is 37.3 Å². The molecule has 0 amide bonds. The Hall–Kier alpha value is -1.76. The summed E-state index contributed by atoms with van der Waals surface area (Å²) >= 11 is 0. The van der Waals surface area contributed by atoms with Crippen molar-refractivity contribution in [1.29, 1.82) is 0 Å². The molecule has 1 heteroatoms. The van der Waals surface area contributed by atoms with Gasteiger partial charge in [0.1, 0.15) is 5.75 Å². The predicted octanol–water partition coefficient (Wildman–Crippen LogP) is 4.14. The number of benzene rings is 2. The molecule has 0 aliphatic rings. The normalized spacial score (nSPS) is 12.4. The molecule has 0 bridgehead atoms. The summed E-state index contributed by atoms with van der Waals surface area (Å²) in [7, 11) is 1.69. The molecule has 16 heavy (non-hydrogen) atoms. The minimum atomic E-state index is 0.395. The summed E-state index contributed by atoms with van der Waals surface area (Å²) in [5.41, 5.74) is 1.30. The summed E-state index contributed by atoms with van der Waals surface area (Å²) < 4.78 is 5.20. The first-order chi connectivity index (χ1) is 7.74. The van der Waals surface area contributed by atoms with Crippen LogP contribution in [0.25, 0.3) is 10.8 Å². The van der Waals surface area contributed by atoms with Crippen LogP contribution in [0.3, 0.4) is 0 Å². The Kier molecular flexibility index (Phi) is 2.95. The molecule has 0 aliphatic heterocycles. The van der Waals surface area contributed by atoms with Crippen LogP contribution in [0.4, 0.5) is 0 Å². The second-order valence-corrected chi connectivity index (χ2v) is 4.00. The van der Waals surface area contributed by atoms with Crippen molar-refractivity contribution in [2.75, 3.05) is 7.11 Å². The maximum Gasteiger partial charge on any atom is 0.119 e. The van der Waals surface area contributed by atoms with Crippen molar-refractivity contribution in [2.45, 2.75) is 12.8 Å². The van der Waals surface area contributed by atoms with Gasteiger partial charge in [0.2, 0.25) is 0 Å². The van der Waals surface area contributed by atoms with Crippen LogP contribution < -0.4 is 4.74 Å². The van der Waals surface area contributed by atoms with E-state index in [9.17, 15) is 0 Å². The van der Waals surface area contributed by atoms with Gasteiger partial charge in [0.05, 0.1) is 7.11 Å². The number of rotatable bonds is 3. The SMILES string of the molecule is C=CC(C)c1ccc2cc(OC)ccc2c1. The highest BCUT2D eigenvalue weighted by atomic mass is 16.5. The summed E-state index contributed by atoms with van der Waals surface area (Å²) in [6.45, 7) is 5.97. The number of allylic oxidation sites excluding steroid dienone is 1. The average Bonchev–Trinajstić information content (AvgIpc) is 2.36. The number of hydrogen-bond acceptors (Lipinski definition) is 1. The standard InChI is InChI=1S/C15H16O/c1-4-11(2)12-5-6-14-10-15(16-3)8-7-13(14)9-12/h4-11H,1H2,2-3H3. The van der Waals surface area contributed by atoms with Crippen LogP contribution in [0.2, 0.25) is 0 Å². The van der Waals surface area contributed by atoms with E-state index in [2.05, 4.69) is 43.8 Å². The second-order valence-electron chi connectivity index (χ2n) is 4.00. The summed E-state index contributed by atoms with van der Waals surface area (Å²) in [6.07, 6.45) is 1.96. The predicted molar refractivity (Wildman–Crippen MR) is 69.1 cm³/mol. The number of methoxy groups -OCH3 is 1. The molecule has 0 fully saturated rings. The summed E-state index contributed by atoms with van der Waals surface area (Å²) in [5.74, 6) is 1.29. The van der Waals surface area contributed by atoms with Gasteiger partial charge in [-0.25, -0.2) is 0 Å². The van der Waals surface area contributed by atoms with E-state index < -0.39 is 0 Å². The van der Waals surface area contributed by atoms with E-state index in [0.717, 1.165) is 5.75 Å². The molecule has 0 N–H and O–H groups in total. The van der Waals surface area contributed by atoms with Crippen LogP contribution in [0, 0.1) is 0 Å². The minimum absolute atomic E-state index is 0.395. The topological polar surface area (TPSA) is 9.23 Å². The molecule has 0 heterocycles. The van der Waals surface area contributed by atoms with Gasteiger partial charge in [-0.15, -0.1) is 6.58 Å². The van der Waals surface area contributed by atoms with E-state index in [0.29, 0.717) is 5.92 Å². The molecule has 0 aromatic heterocycles. The Balaban J connectivity index is 2.51. The first-order valence-corrected chi connectivity index (χ1v) is 5.45. The molecule has 0 saturated heterocycles. The van der Waals surface area contributed by atoms with Crippen LogP contribution >= 0.6 is 0 Å². The van der Waals surface area contributed by atoms with Crippen molar-refractivity contribution in [3.8, 4) is 5.75 Å². The van der Waals surface area contributed by atoms with Gasteiger partial charge in [0.15, 0.2) is 0 Å². The van der Waals surface area contributed by atoms with E-state index in [1.807, 2.05) is 12.1 Å². The van der Waals surface area contributed by atoms with E-state index in [1.165, 1.54) is 16.3 Å². The van der Waals surface area contributed by atoms with Crippen LogP contribution in [0.5, 0.6) is 5.75 Å². The zero-order chi connectivity index (χ0) is 11.5. The summed E-state index contributed by atoms with van der Waals surface area (Å²) in [6, 6.07) is 12.6. The van der Waals surface area contributed by atoms with Gasteiger partial charge in [0.25, 0.3) is 0 Å². The monoisotopic (exact) mass is 212 g/mol. The third-order valence-electron chi connectivity index (χ3n) is 2.95. The average molecular weight is 212 g/mol. The Morgan fingerprint density at radius 3 is 2.50 bits per heavy atom. The molecule has 0 radical (unpaired) electrons. The van der Waals surface area contributed by atoms with E-state index in [4.69, 9.17) is 4.74 Å². The van der Waals surface area contributed by atoms with Gasteiger partial charge in [-0.2, -0.15) is 0 Å². The molecule has 1 nitrogen and oxygen atoms in total. The fraction of sp³-hybridized carbons (Fsp3) is 0.200. The van der Waals surface area contributed by atoms with Gasteiger partial charge < -0.3 is 4.74 Å². The van der Waals surface area contributed by atoms with Crippen LogP contribution in [0.1, 0.15) is 18.4 Å². The molecular weight excluding hydrogens is 196 g/mol. The molecule has 2 rings (SSSR count). The van der Waals surface area contributed by atoms with Crippen molar-refractivity contribution in [1.82, 2.24) is 0 Å². The highest BCUT2D eigenvalue weighted by molar-refractivity contribution is 5.84. The van der Waals surface area contributed by atoms with E-state index in [1.54, 1.807) is 7.11 Å². The molecule has 2 aromatic rings. The van der Waals surface area contributed by atoms with Crippen molar-refractivity contribution in [3.05, 3.63) is 54.6 Å². The van der Waals surface area contributed by atoms with Crippen molar-refractivity contribution >= 4 is 10.8 Å². The Morgan fingerprint density at radius 2 is 1.81 bits per heavy atom. The molecule has 1 atom stereocenters. The largest absolute Gasteiger partial charge is 0.497 e. The maximum absolute atomic E-state index is 5.20. The highest BCUT2D eigenvalue weighted by Gasteiger charge is 2.02. The first kappa shape index (κ1) is 10.7. The fourth-order valence-corrected chi connectivity index (χ4v) is 1.79. The van der Waals surface area contributed by atoms with Gasteiger partial charge in [0, 0.05) is 0 Å². The molecule has 0 saturated carbocycles. The summed E-state index contributed by atoms with van der Waals surface area (Å²) in [5, 5.41) is 2.45. The van der Waals surface area contributed by atoms with Crippen LogP contribution in [-0.4, -0.2) is 7.11 Å². The minimum Gasteiger partial charge on any atom is -0.497 e. The smallest absolute Gasteiger partial charge is 0.119 e. The third-order valence-corrected chi connectivity index (χ3v) is 2.95. The molecule has 82 valence electrons. The Labute approximate surface area is 96.4 Å². The third kappa shape index (κ3) is 1.94. The van der Waals surface area contributed by atoms with Gasteiger partial charge in [-0.05, 0) is 34.4 Å². The number of hydrogen-bond donors (Lipinski definition) is 0.